The molecule has 0 spiro atoms. The summed E-state index contributed by atoms with van der Waals surface area (Å²) >= 11 is 0. The van der Waals surface area contributed by atoms with Gasteiger partial charge < -0.3 is 21.3 Å². The molecule has 104 valence electrons. The van der Waals surface area contributed by atoms with E-state index in [4.69, 9.17) is 5.73 Å². The molecule has 1 aliphatic rings. The highest BCUT2D eigenvalue weighted by molar-refractivity contribution is 5.89. The number of urea groups is 1. The van der Waals surface area contributed by atoms with Crippen molar-refractivity contribution in [3.63, 3.8) is 0 Å². The molecule has 0 radical (unpaired) electrons. The van der Waals surface area contributed by atoms with Crippen LogP contribution in [0.15, 0.2) is 24.3 Å². The van der Waals surface area contributed by atoms with Crippen LogP contribution in [0.3, 0.4) is 0 Å². The molecule has 4 N–H and O–H groups in total. The number of nitrogens with one attached hydrogen (secondary N) is 2. The Morgan fingerprint density at radius 3 is 2.84 bits per heavy atom. The molecule has 0 saturated carbocycles. The van der Waals surface area contributed by atoms with Gasteiger partial charge in [-0.05, 0) is 56.6 Å². The Hall–Kier alpha value is -1.75. The van der Waals surface area contributed by atoms with Gasteiger partial charge in [0, 0.05) is 24.5 Å². The fourth-order valence-corrected chi connectivity index (χ4v) is 2.42. The van der Waals surface area contributed by atoms with Crippen LogP contribution in [-0.2, 0) is 0 Å². The summed E-state index contributed by atoms with van der Waals surface area (Å²) in [6.45, 7) is 2.95. The van der Waals surface area contributed by atoms with E-state index in [9.17, 15) is 4.79 Å². The van der Waals surface area contributed by atoms with Gasteiger partial charge in [0.05, 0.1) is 0 Å². The lowest BCUT2D eigenvalue weighted by molar-refractivity contribution is 0.204. The molecule has 0 aromatic heterocycles. The standard InChI is InChI=1S/C14H22N4O/c1-18-8-2-3-11(10-18)9-16-14(19)17-13-6-4-12(15)5-7-13/h4-7,11H,2-3,8-10,15H2,1H3,(H2,16,17,19). The average molecular weight is 262 g/mol. The molecule has 1 saturated heterocycles. The molecule has 1 unspecified atom stereocenters. The molecule has 0 aliphatic carbocycles. The summed E-state index contributed by atoms with van der Waals surface area (Å²) in [5, 5.41) is 5.73. The zero-order chi connectivity index (χ0) is 13.7. The molecule has 1 atom stereocenters. The summed E-state index contributed by atoms with van der Waals surface area (Å²) in [5.41, 5.74) is 7.04. The number of carbonyl (C=O) groups excluding carboxylic acids is 1. The van der Waals surface area contributed by atoms with Gasteiger partial charge in [0.1, 0.15) is 0 Å². The molecule has 2 rings (SSSR count). The quantitative estimate of drug-likeness (QED) is 0.727. The highest BCUT2D eigenvalue weighted by Gasteiger charge is 2.17. The van der Waals surface area contributed by atoms with Gasteiger partial charge in [-0.15, -0.1) is 0 Å². The number of nitrogens with zero attached hydrogens (tertiary/aromatic N) is 1. The average Bonchev–Trinajstić information content (AvgIpc) is 2.39. The number of amides is 2. The Bertz CT molecular complexity index is 418. The highest BCUT2D eigenvalue weighted by atomic mass is 16.2. The fourth-order valence-electron chi connectivity index (χ4n) is 2.42. The smallest absolute Gasteiger partial charge is 0.319 e. The van der Waals surface area contributed by atoms with Crippen LogP contribution in [0.1, 0.15) is 12.8 Å². The minimum atomic E-state index is -0.155. The molecule has 0 bridgehead atoms. The number of nitrogen functional groups attached to an aromatic ring is 1. The fraction of sp³-hybridized carbons (Fsp3) is 0.500. The van der Waals surface area contributed by atoms with Crippen molar-refractivity contribution in [2.75, 3.05) is 37.7 Å². The van der Waals surface area contributed by atoms with E-state index in [2.05, 4.69) is 22.6 Å². The Morgan fingerprint density at radius 2 is 2.16 bits per heavy atom. The zero-order valence-corrected chi connectivity index (χ0v) is 11.4. The Morgan fingerprint density at radius 1 is 1.42 bits per heavy atom. The number of hydrogen-bond acceptors (Lipinski definition) is 3. The molecule has 1 heterocycles. The normalized spacial score (nSPS) is 19.9. The minimum Gasteiger partial charge on any atom is -0.399 e. The third-order valence-corrected chi connectivity index (χ3v) is 3.44. The first-order chi connectivity index (χ1) is 9.13. The van der Waals surface area contributed by atoms with Gasteiger partial charge in [-0.25, -0.2) is 4.79 Å². The molecule has 1 aromatic rings. The Kier molecular flexibility index (Phi) is 4.63. The lowest BCUT2D eigenvalue weighted by atomic mass is 9.99. The molecule has 5 nitrogen and oxygen atoms in total. The summed E-state index contributed by atoms with van der Waals surface area (Å²) in [6, 6.07) is 6.97. The lowest BCUT2D eigenvalue weighted by Crippen LogP contribution is -2.40. The topological polar surface area (TPSA) is 70.4 Å². The van der Waals surface area contributed by atoms with E-state index in [-0.39, 0.29) is 6.03 Å². The lowest BCUT2D eigenvalue weighted by Gasteiger charge is -2.29. The molecule has 2 amide bonds. The van der Waals surface area contributed by atoms with Crippen LogP contribution >= 0.6 is 0 Å². The third-order valence-electron chi connectivity index (χ3n) is 3.44. The molecular formula is C14H22N4O. The summed E-state index contributed by atoms with van der Waals surface area (Å²) < 4.78 is 0. The van der Waals surface area contributed by atoms with Gasteiger partial charge in [0.2, 0.25) is 0 Å². The summed E-state index contributed by atoms with van der Waals surface area (Å²) in [7, 11) is 2.13. The first-order valence-corrected chi connectivity index (χ1v) is 6.72. The number of likely N-dealkylation sites (tertiary alicyclic amines) is 1. The monoisotopic (exact) mass is 262 g/mol. The second-order valence-electron chi connectivity index (χ2n) is 5.23. The minimum absolute atomic E-state index is 0.155. The van der Waals surface area contributed by atoms with Gasteiger partial charge in [-0.2, -0.15) is 0 Å². The van der Waals surface area contributed by atoms with Crippen molar-refractivity contribution in [2.24, 2.45) is 5.92 Å². The van der Waals surface area contributed by atoms with E-state index >= 15 is 0 Å². The van der Waals surface area contributed by atoms with Crippen molar-refractivity contribution in [3.05, 3.63) is 24.3 Å². The Labute approximate surface area is 114 Å². The van der Waals surface area contributed by atoms with Crippen LogP contribution < -0.4 is 16.4 Å². The van der Waals surface area contributed by atoms with Crippen LogP contribution in [0.4, 0.5) is 16.2 Å². The summed E-state index contributed by atoms with van der Waals surface area (Å²) in [4.78, 5) is 14.1. The number of rotatable bonds is 3. The number of hydrogen-bond donors (Lipinski definition) is 3. The third kappa shape index (κ3) is 4.44. The molecule has 1 aliphatic heterocycles. The SMILES string of the molecule is CN1CCCC(CNC(=O)Nc2ccc(N)cc2)C1. The van der Waals surface area contributed by atoms with E-state index in [1.807, 2.05) is 0 Å². The molecule has 1 fully saturated rings. The molecule has 1 aromatic carbocycles. The molecule has 5 heteroatoms. The molecular weight excluding hydrogens is 240 g/mol. The largest absolute Gasteiger partial charge is 0.399 e. The van der Waals surface area contributed by atoms with Crippen molar-refractivity contribution in [3.8, 4) is 0 Å². The van der Waals surface area contributed by atoms with Crippen molar-refractivity contribution in [2.45, 2.75) is 12.8 Å². The second-order valence-corrected chi connectivity index (χ2v) is 5.23. The number of benzene rings is 1. The number of nitrogens with two attached hydrogens (primary N) is 1. The van der Waals surface area contributed by atoms with E-state index in [0.717, 1.165) is 25.3 Å². The Balaban J connectivity index is 1.73. The van der Waals surface area contributed by atoms with Gasteiger partial charge in [-0.1, -0.05) is 0 Å². The predicted molar refractivity (Wildman–Crippen MR) is 78.1 cm³/mol. The van der Waals surface area contributed by atoms with Crippen molar-refractivity contribution >= 4 is 17.4 Å². The van der Waals surface area contributed by atoms with Crippen LogP contribution in [0, 0.1) is 5.92 Å². The van der Waals surface area contributed by atoms with E-state index < -0.39 is 0 Å². The summed E-state index contributed by atoms with van der Waals surface area (Å²) in [6.07, 6.45) is 2.40. The second kappa shape index (κ2) is 6.43. The number of carbonyl (C=O) groups is 1. The number of anilines is 2. The maximum atomic E-state index is 11.8. The van der Waals surface area contributed by atoms with Gasteiger partial charge >= 0.3 is 6.03 Å². The molecule has 19 heavy (non-hydrogen) atoms. The first-order valence-electron chi connectivity index (χ1n) is 6.72. The van der Waals surface area contributed by atoms with E-state index in [0.29, 0.717) is 11.6 Å². The van der Waals surface area contributed by atoms with Gasteiger partial charge in [0.15, 0.2) is 0 Å². The van der Waals surface area contributed by atoms with Crippen LogP contribution in [0.5, 0.6) is 0 Å². The van der Waals surface area contributed by atoms with Crippen LogP contribution in [0.2, 0.25) is 0 Å². The highest BCUT2D eigenvalue weighted by Crippen LogP contribution is 2.14. The van der Waals surface area contributed by atoms with Crippen molar-refractivity contribution in [1.29, 1.82) is 0 Å². The maximum absolute atomic E-state index is 11.8. The van der Waals surface area contributed by atoms with Crippen LogP contribution in [-0.4, -0.2) is 37.6 Å². The maximum Gasteiger partial charge on any atom is 0.319 e. The van der Waals surface area contributed by atoms with Crippen LogP contribution in [0.25, 0.3) is 0 Å². The van der Waals surface area contributed by atoms with Crippen molar-refractivity contribution in [1.82, 2.24) is 10.2 Å². The summed E-state index contributed by atoms with van der Waals surface area (Å²) in [5.74, 6) is 0.552. The van der Waals surface area contributed by atoms with Crippen molar-refractivity contribution < 1.29 is 4.79 Å². The van der Waals surface area contributed by atoms with Gasteiger partial charge in [0.25, 0.3) is 0 Å². The van der Waals surface area contributed by atoms with E-state index in [1.165, 1.54) is 12.8 Å². The number of piperidine rings is 1. The zero-order valence-electron chi connectivity index (χ0n) is 11.4. The predicted octanol–water partition coefficient (Wildman–Crippen LogP) is 1.73. The van der Waals surface area contributed by atoms with E-state index in [1.54, 1.807) is 24.3 Å². The van der Waals surface area contributed by atoms with Gasteiger partial charge in [-0.3, -0.25) is 0 Å². The first kappa shape index (κ1) is 13.7.